The minimum atomic E-state index is -0.637. The van der Waals surface area contributed by atoms with Crippen LogP contribution in [0.2, 0.25) is 0 Å². The Morgan fingerprint density at radius 2 is 1.32 bits per heavy atom. The van der Waals surface area contributed by atoms with Crippen LogP contribution in [0, 0.1) is 20.2 Å². The summed E-state index contributed by atoms with van der Waals surface area (Å²) in [7, 11) is 0. The van der Waals surface area contributed by atoms with Crippen molar-refractivity contribution >= 4 is 23.1 Å². The van der Waals surface area contributed by atoms with Crippen molar-refractivity contribution in [3.05, 3.63) is 68.8 Å². The first-order chi connectivity index (χ1) is 9.06. The second kappa shape index (κ2) is 5.49. The minimum Gasteiger partial charge on any atom is -0.258 e. The molecule has 2 aromatic carbocycles. The van der Waals surface area contributed by atoms with E-state index in [0.717, 1.165) is 11.0 Å². The van der Waals surface area contributed by atoms with Crippen LogP contribution in [0.3, 0.4) is 0 Å². The summed E-state index contributed by atoms with van der Waals surface area (Å²) < 4.78 is 0. The maximum Gasteiger partial charge on any atom is 0.277 e. The Hall–Kier alpha value is -2.41. The highest BCUT2D eigenvalue weighted by Crippen LogP contribution is 2.33. The first-order valence-corrected chi connectivity index (χ1v) is 6.04. The Bertz CT molecular complexity index is 599. The van der Waals surface area contributed by atoms with Gasteiger partial charge in [-0.25, -0.2) is 0 Å². The lowest BCUT2D eigenvalue weighted by molar-refractivity contribution is -0.394. The van der Waals surface area contributed by atoms with Crippen LogP contribution >= 0.6 is 11.8 Å². The van der Waals surface area contributed by atoms with Gasteiger partial charge in [-0.2, -0.15) is 0 Å². The van der Waals surface area contributed by atoms with Crippen LogP contribution < -0.4 is 0 Å². The Kier molecular flexibility index (Phi) is 3.76. The van der Waals surface area contributed by atoms with Gasteiger partial charge in [0, 0.05) is 21.9 Å². The molecule has 0 atom stereocenters. The van der Waals surface area contributed by atoms with Gasteiger partial charge >= 0.3 is 0 Å². The van der Waals surface area contributed by atoms with Gasteiger partial charge in [0.05, 0.1) is 15.9 Å². The highest BCUT2D eigenvalue weighted by molar-refractivity contribution is 7.99. The lowest BCUT2D eigenvalue weighted by atomic mass is 10.3. The average Bonchev–Trinajstić information content (AvgIpc) is 2.39. The van der Waals surface area contributed by atoms with Crippen molar-refractivity contribution in [2.45, 2.75) is 9.79 Å². The van der Waals surface area contributed by atoms with Crippen molar-refractivity contribution in [2.24, 2.45) is 0 Å². The third-order valence-corrected chi connectivity index (χ3v) is 3.26. The molecule has 0 unspecified atom stereocenters. The summed E-state index contributed by atoms with van der Waals surface area (Å²) in [4.78, 5) is 21.6. The quantitative estimate of drug-likeness (QED) is 0.628. The first-order valence-electron chi connectivity index (χ1n) is 5.23. The van der Waals surface area contributed by atoms with E-state index in [1.54, 1.807) is 0 Å². The van der Waals surface area contributed by atoms with E-state index in [2.05, 4.69) is 0 Å². The predicted molar refractivity (Wildman–Crippen MR) is 70.3 cm³/mol. The summed E-state index contributed by atoms with van der Waals surface area (Å²) in [6, 6.07) is 12.8. The molecule has 6 nitrogen and oxygen atoms in total. The van der Waals surface area contributed by atoms with Crippen LogP contribution in [0.4, 0.5) is 11.4 Å². The van der Waals surface area contributed by atoms with Crippen molar-refractivity contribution < 1.29 is 9.85 Å². The fraction of sp³-hybridized carbons (Fsp3) is 0. The zero-order valence-electron chi connectivity index (χ0n) is 9.55. The molecule has 0 heterocycles. The van der Waals surface area contributed by atoms with Gasteiger partial charge in [0.25, 0.3) is 11.4 Å². The molecule has 0 spiro atoms. The van der Waals surface area contributed by atoms with Crippen LogP contribution in [0.15, 0.2) is 58.3 Å². The molecule has 0 aliphatic heterocycles. The number of nitrogens with zero attached hydrogens (tertiary/aromatic N) is 2. The summed E-state index contributed by atoms with van der Waals surface area (Å²) >= 11 is 1.24. The number of hydrogen-bond acceptors (Lipinski definition) is 5. The summed E-state index contributed by atoms with van der Waals surface area (Å²) in [6.07, 6.45) is 0. The third kappa shape index (κ3) is 3.29. The number of rotatable bonds is 4. The van der Waals surface area contributed by atoms with E-state index in [9.17, 15) is 20.2 Å². The van der Waals surface area contributed by atoms with Crippen LogP contribution in [-0.4, -0.2) is 9.85 Å². The second-order valence-electron chi connectivity index (χ2n) is 3.61. The monoisotopic (exact) mass is 276 g/mol. The number of non-ortho nitro benzene ring substituents is 2. The van der Waals surface area contributed by atoms with Gasteiger partial charge in [-0.1, -0.05) is 30.0 Å². The van der Waals surface area contributed by atoms with Crippen LogP contribution in [0.25, 0.3) is 0 Å². The molecule has 0 radical (unpaired) electrons. The van der Waals surface area contributed by atoms with E-state index in [4.69, 9.17) is 0 Å². The minimum absolute atomic E-state index is 0.285. The summed E-state index contributed by atoms with van der Waals surface area (Å²) in [5.74, 6) is 0. The van der Waals surface area contributed by atoms with Crippen LogP contribution in [0.1, 0.15) is 0 Å². The molecule has 0 amide bonds. The zero-order valence-corrected chi connectivity index (χ0v) is 10.4. The molecule has 0 saturated heterocycles. The molecule has 0 aliphatic carbocycles. The maximum absolute atomic E-state index is 10.8. The van der Waals surface area contributed by atoms with E-state index in [1.165, 1.54) is 23.9 Å². The number of nitro groups is 2. The normalized spacial score (nSPS) is 10.1. The standard InChI is InChI=1S/C12H8N2O4S/c15-13(16)9-6-10(14(17)18)8-12(7-9)19-11-4-2-1-3-5-11/h1-8H. The Morgan fingerprint density at radius 3 is 1.79 bits per heavy atom. The molecular formula is C12H8N2O4S. The van der Waals surface area contributed by atoms with E-state index in [0.29, 0.717) is 4.90 Å². The third-order valence-electron chi connectivity index (χ3n) is 2.28. The molecule has 0 N–H and O–H groups in total. The molecule has 0 fully saturated rings. The average molecular weight is 276 g/mol. The van der Waals surface area contributed by atoms with E-state index >= 15 is 0 Å². The molecule has 0 aromatic heterocycles. The zero-order chi connectivity index (χ0) is 13.8. The van der Waals surface area contributed by atoms with Crippen molar-refractivity contribution in [1.82, 2.24) is 0 Å². The molecule has 0 aliphatic rings. The summed E-state index contributed by atoms with van der Waals surface area (Å²) in [5.41, 5.74) is -0.569. The van der Waals surface area contributed by atoms with Crippen molar-refractivity contribution in [2.75, 3.05) is 0 Å². The van der Waals surface area contributed by atoms with Gasteiger partial charge in [0.2, 0.25) is 0 Å². The Balaban J connectivity index is 2.39. The Morgan fingerprint density at radius 1 is 0.789 bits per heavy atom. The van der Waals surface area contributed by atoms with E-state index < -0.39 is 9.85 Å². The SMILES string of the molecule is O=[N+]([O-])c1cc(Sc2ccccc2)cc([N+](=O)[O-])c1. The molecule has 0 saturated carbocycles. The highest BCUT2D eigenvalue weighted by atomic mass is 32.2. The van der Waals surface area contributed by atoms with Crippen molar-refractivity contribution in [3.63, 3.8) is 0 Å². The topological polar surface area (TPSA) is 86.3 Å². The van der Waals surface area contributed by atoms with Crippen molar-refractivity contribution in [3.8, 4) is 0 Å². The van der Waals surface area contributed by atoms with E-state index in [1.807, 2.05) is 30.3 Å². The molecule has 2 aromatic rings. The fourth-order valence-corrected chi connectivity index (χ4v) is 2.39. The molecule has 19 heavy (non-hydrogen) atoms. The van der Waals surface area contributed by atoms with Gasteiger partial charge in [-0.3, -0.25) is 20.2 Å². The molecule has 7 heteroatoms. The Labute approximate surface area is 112 Å². The van der Waals surface area contributed by atoms with Gasteiger partial charge in [0.1, 0.15) is 0 Å². The molecule has 2 rings (SSSR count). The number of benzene rings is 2. The van der Waals surface area contributed by atoms with Crippen molar-refractivity contribution in [1.29, 1.82) is 0 Å². The second-order valence-corrected chi connectivity index (χ2v) is 4.76. The van der Waals surface area contributed by atoms with Gasteiger partial charge in [0.15, 0.2) is 0 Å². The number of hydrogen-bond donors (Lipinski definition) is 0. The predicted octanol–water partition coefficient (Wildman–Crippen LogP) is 3.65. The lowest BCUT2D eigenvalue weighted by Gasteiger charge is -2.01. The smallest absolute Gasteiger partial charge is 0.258 e. The fourth-order valence-electron chi connectivity index (χ4n) is 1.46. The summed E-state index contributed by atoms with van der Waals surface area (Å²) in [6.45, 7) is 0. The van der Waals surface area contributed by atoms with Gasteiger partial charge in [-0.15, -0.1) is 0 Å². The molecule has 96 valence electrons. The van der Waals surface area contributed by atoms with Gasteiger partial charge < -0.3 is 0 Å². The van der Waals surface area contributed by atoms with Crippen LogP contribution in [-0.2, 0) is 0 Å². The first kappa shape index (κ1) is 13.0. The molecular weight excluding hydrogens is 268 g/mol. The van der Waals surface area contributed by atoms with E-state index in [-0.39, 0.29) is 11.4 Å². The number of nitro benzene ring substituents is 2. The maximum atomic E-state index is 10.8. The lowest BCUT2D eigenvalue weighted by Crippen LogP contribution is -1.93. The summed E-state index contributed by atoms with van der Waals surface area (Å²) in [5, 5.41) is 21.5. The van der Waals surface area contributed by atoms with Gasteiger partial charge in [-0.05, 0) is 12.1 Å². The van der Waals surface area contributed by atoms with Crippen LogP contribution in [0.5, 0.6) is 0 Å². The largest absolute Gasteiger partial charge is 0.277 e. The highest BCUT2D eigenvalue weighted by Gasteiger charge is 2.16. The molecule has 0 bridgehead atoms.